The molecule has 0 saturated heterocycles. The molecule has 1 aliphatic carbocycles. The first kappa shape index (κ1) is 46.9. The molecule has 0 aliphatic heterocycles. The standard InChI is InChI=1S/C33H33.C12H10.C10H15.2ClH.Zr/c1-32(2,3)30-20-26-24(18-28(30)22-13-9-7-10-14-22)17-25-19-29(23-15-11-8-12-16-23)31(21-27(25)26)33(4,5)6;1-2-10-7-8-11-5-3-4-6-12(11)9-10;1-8-5-6-9(7-8)10(2,3)4;;;/h7-16,18,20-21H,17H2,1-6H3;3-9H,1H3;5-7H,1-4H3;2*1H;/q-1;;-1;;;+2/p-2. The van der Waals surface area contributed by atoms with Crippen molar-refractivity contribution < 1.29 is 49.0 Å². The summed E-state index contributed by atoms with van der Waals surface area (Å²) >= 11 is 1.50. The van der Waals surface area contributed by atoms with Crippen LogP contribution in [0.4, 0.5) is 0 Å². The fraction of sp³-hybridized carbons (Fsp3) is 0.273. The Labute approximate surface area is 377 Å². The van der Waals surface area contributed by atoms with Crippen molar-refractivity contribution in [3.05, 3.63) is 185 Å². The molecule has 0 radical (unpaired) electrons. The zero-order valence-corrected chi connectivity index (χ0v) is 40.2. The van der Waals surface area contributed by atoms with E-state index < -0.39 is 0 Å². The molecule has 0 amide bonds. The van der Waals surface area contributed by atoms with Gasteiger partial charge in [0.1, 0.15) is 0 Å². The minimum absolute atomic E-state index is 0. The predicted molar refractivity (Wildman–Crippen MR) is 241 cm³/mol. The SMILES string of the molecule is CC(C)(C)c1cc2c([c-]c1-c1ccccc1)Cc1cc(-c3ccccc3)c(C(C)(C)C)cc1-2.C[C](=[Zr+2])c1ccc2ccccc2c1.Cc1cc(C(C)(C)C)c[cH-]1.[Cl-].[Cl-]. The van der Waals surface area contributed by atoms with Gasteiger partial charge in [-0.25, -0.2) is 6.07 Å². The average molecular weight is 881 g/mol. The molecule has 7 aromatic rings. The van der Waals surface area contributed by atoms with Crippen LogP contribution >= 0.6 is 0 Å². The number of hydrogen-bond donors (Lipinski definition) is 0. The van der Waals surface area contributed by atoms with Crippen LogP contribution in [0.5, 0.6) is 0 Å². The first-order chi connectivity index (χ1) is 26.4. The van der Waals surface area contributed by atoms with Crippen molar-refractivity contribution in [3.63, 3.8) is 0 Å². The second kappa shape index (κ2) is 19.1. The summed E-state index contributed by atoms with van der Waals surface area (Å²) in [7, 11) is 0. The molecule has 0 N–H and O–H groups in total. The van der Waals surface area contributed by atoms with Gasteiger partial charge in [0.05, 0.1) is 0 Å². The van der Waals surface area contributed by atoms with E-state index in [4.69, 9.17) is 0 Å². The fourth-order valence-electron chi connectivity index (χ4n) is 7.55. The number of hydrogen-bond acceptors (Lipinski definition) is 0. The van der Waals surface area contributed by atoms with Gasteiger partial charge in [0, 0.05) is 0 Å². The Bertz CT molecular complexity index is 2360. The Morgan fingerprint density at radius 1 is 0.569 bits per heavy atom. The van der Waals surface area contributed by atoms with Gasteiger partial charge in [0.15, 0.2) is 0 Å². The zero-order valence-electron chi connectivity index (χ0n) is 36.2. The molecule has 0 heterocycles. The maximum atomic E-state index is 3.88. The molecule has 0 bridgehead atoms. The van der Waals surface area contributed by atoms with Crippen molar-refractivity contribution in [2.24, 2.45) is 0 Å². The number of fused-ring (bicyclic) bond motifs is 4. The van der Waals surface area contributed by atoms with Crippen LogP contribution in [-0.2, 0) is 46.9 Å². The first-order valence-corrected chi connectivity index (χ1v) is 21.3. The van der Waals surface area contributed by atoms with E-state index >= 15 is 0 Å². The summed E-state index contributed by atoms with van der Waals surface area (Å²) in [6.45, 7) is 24.9. The largest absolute Gasteiger partial charge is 1.00 e. The van der Waals surface area contributed by atoms with Crippen LogP contribution in [0.1, 0.15) is 108 Å². The molecule has 0 fully saturated rings. The Balaban J connectivity index is 0.000000244. The third-order valence-electron chi connectivity index (χ3n) is 10.8. The predicted octanol–water partition coefficient (Wildman–Crippen LogP) is 8.93. The minimum atomic E-state index is 0. The van der Waals surface area contributed by atoms with Crippen LogP contribution in [0.25, 0.3) is 44.2 Å². The molecular weight excluding hydrogens is 823 g/mol. The van der Waals surface area contributed by atoms with Crippen molar-refractivity contribution in [1.29, 1.82) is 0 Å². The van der Waals surface area contributed by atoms with Crippen LogP contribution < -0.4 is 24.8 Å². The van der Waals surface area contributed by atoms with E-state index in [1.807, 2.05) is 0 Å². The maximum absolute atomic E-state index is 3.88. The van der Waals surface area contributed by atoms with E-state index in [9.17, 15) is 0 Å². The normalized spacial score (nSPS) is 11.8. The van der Waals surface area contributed by atoms with Crippen molar-refractivity contribution >= 4 is 14.0 Å². The van der Waals surface area contributed by atoms with E-state index in [1.54, 1.807) is 0 Å². The second-order valence-electron chi connectivity index (χ2n) is 18.5. The number of benzene rings is 6. The molecule has 0 nitrogen and oxygen atoms in total. The molecule has 0 atom stereocenters. The summed E-state index contributed by atoms with van der Waals surface area (Å²) in [5, 5.41) is 2.66. The molecule has 298 valence electrons. The van der Waals surface area contributed by atoms with E-state index in [0.717, 1.165) is 6.42 Å². The monoisotopic (exact) mass is 878 g/mol. The summed E-state index contributed by atoms with van der Waals surface area (Å²) in [6, 6.07) is 54.6. The fourth-order valence-corrected chi connectivity index (χ4v) is 7.94. The first-order valence-electron chi connectivity index (χ1n) is 20.1. The second-order valence-corrected chi connectivity index (χ2v) is 20.4. The molecule has 0 spiro atoms. The van der Waals surface area contributed by atoms with Gasteiger partial charge in [0.25, 0.3) is 0 Å². The Hall–Kier alpha value is -3.74. The van der Waals surface area contributed by atoms with Gasteiger partial charge >= 0.3 is 93.2 Å². The maximum Gasteiger partial charge on any atom is -0.0635 e. The molecule has 3 heteroatoms. The Kier molecular flexibility index (Phi) is 15.5. The minimum Gasteiger partial charge on any atom is -1.00 e. The number of rotatable bonds is 3. The van der Waals surface area contributed by atoms with Gasteiger partial charge in [-0.15, -0.1) is 28.8 Å². The third-order valence-corrected chi connectivity index (χ3v) is 11.5. The average Bonchev–Trinajstić information content (AvgIpc) is 3.77. The molecule has 7 aromatic carbocycles. The third kappa shape index (κ3) is 11.1. The quantitative estimate of drug-likeness (QED) is 0.156. The number of aryl methyl sites for hydroxylation is 1. The van der Waals surface area contributed by atoms with Gasteiger partial charge in [-0.05, 0) is 39.5 Å². The molecule has 8 rings (SSSR count). The summed E-state index contributed by atoms with van der Waals surface area (Å²) in [5.74, 6) is 0. The molecule has 0 aromatic heterocycles. The molecular formula is C55H58Cl2Zr-2. The van der Waals surface area contributed by atoms with E-state index in [0.29, 0.717) is 5.41 Å². The molecule has 1 aliphatic rings. The Morgan fingerprint density at radius 2 is 1.12 bits per heavy atom. The van der Waals surface area contributed by atoms with Gasteiger partial charge in [-0.3, -0.25) is 0 Å². The van der Waals surface area contributed by atoms with Crippen LogP contribution in [-0.4, -0.2) is 3.21 Å². The van der Waals surface area contributed by atoms with Crippen molar-refractivity contribution in [1.82, 2.24) is 0 Å². The van der Waals surface area contributed by atoms with E-state index in [-0.39, 0.29) is 35.6 Å². The van der Waals surface area contributed by atoms with Crippen LogP contribution in [0, 0.1) is 13.0 Å². The van der Waals surface area contributed by atoms with Crippen LogP contribution in [0.2, 0.25) is 0 Å². The summed E-state index contributed by atoms with van der Waals surface area (Å²) in [6.07, 6.45) is 0.944. The van der Waals surface area contributed by atoms with Gasteiger partial charge in [-0.2, -0.15) is 23.3 Å². The summed E-state index contributed by atoms with van der Waals surface area (Å²) in [5.41, 5.74) is 18.0. The molecule has 58 heavy (non-hydrogen) atoms. The van der Waals surface area contributed by atoms with Crippen molar-refractivity contribution in [2.75, 3.05) is 0 Å². The smallest absolute Gasteiger partial charge is 0.0635 e. The van der Waals surface area contributed by atoms with Crippen LogP contribution in [0.3, 0.4) is 0 Å². The van der Waals surface area contributed by atoms with Crippen molar-refractivity contribution in [2.45, 2.75) is 98.8 Å². The van der Waals surface area contributed by atoms with Gasteiger partial charge < -0.3 is 24.8 Å². The van der Waals surface area contributed by atoms with E-state index in [1.165, 1.54) is 111 Å². The summed E-state index contributed by atoms with van der Waals surface area (Å²) < 4.78 is 1.46. The Morgan fingerprint density at radius 3 is 1.64 bits per heavy atom. The number of halogens is 2. The summed E-state index contributed by atoms with van der Waals surface area (Å²) in [4.78, 5) is 0. The topological polar surface area (TPSA) is 0 Å². The van der Waals surface area contributed by atoms with Crippen LogP contribution in [0.15, 0.2) is 140 Å². The van der Waals surface area contributed by atoms with Crippen molar-refractivity contribution in [3.8, 4) is 33.4 Å². The van der Waals surface area contributed by atoms with E-state index in [2.05, 4.69) is 222 Å². The van der Waals surface area contributed by atoms with Gasteiger partial charge in [0.2, 0.25) is 0 Å². The zero-order chi connectivity index (χ0) is 40.4. The van der Waals surface area contributed by atoms with Gasteiger partial charge in [-0.1, -0.05) is 164 Å². The molecule has 0 saturated carbocycles. The molecule has 0 unspecified atom stereocenters.